The molecule has 0 saturated carbocycles. The zero-order valence-corrected chi connectivity index (χ0v) is 13.9. The fourth-order valence-corrected chi connectivity index (χ4v) is 3.43. The van der Waals surface area contributed by atoms with Crippen molar-refractivity contribution in [3.8, 4) is 0 Å². The Morgan fingerprint density at radius 1 is 0.957 bits per heavy atom. The first-order valence-electron chi connectivity index (χ1n) is 8.55. The summed E-state index contributed by atoms with van der Waals surface area (Å²) < 4.78 is 0. The minimum absolute atomic E-state index is 0.0802. The van der Waals surface area contributed by atoms with Crippen LogP contribution in [-0.4, -0.2) is 41.1 Å². The van der Waals surface area contributed by atoms with Crippen molar-refractivity contribution >= 4 is 17.3 Å². The van der Waals surface area contributed by atoms with E-state index in [0.717, 1.165) is 51.9 Å². The summed E-state index contributed by atoms with van der Waals surface area (Å²) in [5.74, 6) is 2.33. The van der Waals surface area contributed by atoms with Crippen molar-refractivity contribution in [1.29, 1.82) is 0 Å². The summed E-state index contributed by atoms with van der Waals surface area (Å²) in [4.78, 5) is 24.1. The quantitative estimate of drug-likeness (QED) is 0.630. The molecule has 2 aliphatic rings. The number of nitrogens with zero attached hydrogens (tertiary/aromatic N) is 5. The van der Waals surface area contributed by atoms with Crippen molar-refractivity contribution in [2.24, 2.45) is 11.8 Å². The molecule has 7 heteroatoms. The molecule has 2 saturated heterocycles. The Labute approximate surface area is 136 Å². The first kappa shape index (κ1) is 16.0. The van der Waals surface area contributed by atoms with Crippen LogP contribution < -0.4 is 9.80 Å². The number of aromatic nitrogens is 2. The third-order valence-corrected chi connectivity index (χ3v) is 5.13. The highest BCUT2D eigenvalue weighted by Gasteiger charge is 2.32. The van der Waals surface area contributed by atoms with Crippen molar-refractivity contribution in [1.82, 2.24) is 9.97 Å². The topological polar surface area (TPSA) is 75.4 Å². The van der Waals surface area contributed by atoms with E-state index < -0.39 is 0 Å². The minimum atomic E-state index is -0.305. The Morgan fingerprint density at radius 2 is 1.35 bits per heavy atom. The Bertz CT molecular complexity index is 523. The fourth-order valence-electron chi connectivity index (χ4n) is 3.43. The summed E-state index contributed by atoms with van der Waals surface area (Å²) in [6.07, 6.45) is 5.69. The maximum atomic E-state index is 11.7. The second-order valence-corrected chi connectivity index (χ2v) is 6.97. The van der Waals surface area contributed by atoms with E-state index in [9.17, 15) is 10.1 Å². The molecule has 0 unspecified atom stereocenters. The molecule has 0 bridgehead atoms. The molecule has 3 rings (SSSR count). The summed E-state index contributed by atoms with van der Waals surface area (Å²) in [7, 11) is 0. The van der Waals surface area contributed by atoms with Crippen LogP contribution in [0.25, 0.3) is 0 Å². The summed E-state index contributed by atoms with van der Waals surface area (Å²) >= 11 is 0. The molecule has 0 atom stereocenters. The van der Waals surface area contributed by atoms with Gasteiger partial charge in [0, 0.05) is 26.2 Å². The van der Waals surface area contributed by atoms with Crippen LogP contribution in [0.5, 0.6) is 0 Å². The molecule has 2 aliphatic heterocycles. The highest BCUT2D eigenvalue weighted by atomic mass is 16.6. The minimum Gasteiger partial charge on any atom is -0.351 e. The lowest BCUT2D eigenvalue weighted by Crippen LogP contribution is -2.36. The molecule has 1 aromatic heterocycles. The number of nitro groups is 1. The number of piperidine rings is 2. The van der Waals surface area contributed by atoms with Gasteiger partial charge >= 0.3 is 5.69 Å². The Kier molecular flexibility index (Phi) is 4.63. The van der Waals surface area contributed by atoms with E-state index >= 15 is 0 Å². The monoisotopic (exact) mass is 319 g/mol. The molecule has 0 spiro atoms. The van der Waals surface area contributed by atoms with Gasteiger partial charge in [-0.1, -0.05) is 13.8 Å². The number of hydrogen-bond donors (Lipinski definition) is 0. The van der Waals surface area contributed by atoms with E-state index in [0.29, 0.717) is 23.5 Å². The van der Waals surface area contributed by atoms with Crippen LogP contribution in [0.4, 0.5) is 17.3 Å². The van der Waals surface area contributed by atoms with Gasteiger partial charge in [0.05, 0.1) is 4.92 Å². The van der Waals surface area contributed by atoms with E-state index in [4.69, 9.17) is 0 Å². The van der Waals surface area contributed by atoms with Gasteiger partial charge in [-0.25, -0.2) is 9.97 Å². The predicted molar refractivity (Wildman–Crippen MR) is 89.9 cm³/mol. The average Bonchev–Trinajstić information content (AvgIpc) is 2.55. The molecule has 23 heavy (non-hydrogen) atoms. The maximum absolute atomic E-state index is 11.7. The molecule has 2 fully saturated rings. The van der Waals surface area contributed by atoms with E-state index in [2.05, 4.69) is 33.6 Å². The van der Waals surface area contributed by atoms with Crippen LogP contribution in [-0.2, 0) is 0 Å². The number of rotatable bonds is 3. The highest BCUT2D eigenvalue weighted by molar-refractivity contribution is 5.71. The lowest BCUT2D eigenvalue weighted by atomic mass is 9.98. The summed E-state index contributed by atoms with van der Waals surface area (Å²) in [5, 5.41) is 11.7. The van der Waals surface area contributed by atoms with Crippen molar-refractivity contribution in [3.05, 3.63) is 16.4 Å². The summed E-state index contributed by atoms with van der Waals surface area (Å²) in [6, 6.07) is 0. The van der Waals surface area contributed by atoms with Crippen molar-refractivity contribution in [2.75, 3.05) is 36.0 Å². The van der Waals surface area contributed by atoms with Crippen LogP contribution in [0.1, 0.15) is 39.5 Å². The maximum Gasteiger partial charge on any atom is 0.353 e. The number of hydrogen-bond acceptors (Lipinski definition) is 6. The number of anilines is 2. The molecule has 0 amide bonds. The Morgan fingerprint density at radius 3 is 1.70 bits per heavy atom. The summed E-state index contributed by atoms with van der Waals surface area (Å²) in [6.45, 7) is 7.77. The second-order valence-electron chi connectivity index (χ2n) is 6.97. The molecule has 1 aromatic rings. The smallest absolute Gasteiger partial charge is 0.351 e. The van der Waals surface area contributed by atoms with E-state index in [-0.39, 0.29) is 10.6 Å². The van der Waals surface area contributed by atoms with E-state index in [1.54, 1.807) is 0 Å². The normalized spacial score (nSPS) is 20.8. The van der Waals surface area contributed by atoms with E-state index in [1.807, 2.05) is 0 Å². The van der Waals surface area contributed by atoms with Crippen LogP contribution in [0.3, 0.4) is 0 Å². The fraction of sp³-hybridized carbons (Fsp3) is 0.750. The van der Waals surface area contributed by atoms with Crippen LogP contribution in [0.15, 0.2) is 6.33 Å². The van der Waals surface area contributed by atoms with Gasteiger partial charge in [-0.3, -0.25) is 10.1 Å². The standard InChI is InChI=1S/C16H25N5O2/c1-12-3-7-19(8-4-12)15-14(21(22)23)16(18-11-17-15)20-9-5-13(2)6-10-20/h11-13H,3-10H2,1-2H3. The van der Waals surface area contributed by atoms with Gasteiger partial charge in [0.2, 0.25) is 11.6 Å². The average molecular weight is 319 g/mol. The van der Waals surface area contributed by atoms with Gasteiger partial charge in [0.25, 0.3) is 0 Å². The first-order chi connectivity index (χ1) is 11.1. The van der Waals surface area contributed by atoms with Crippen LogP contribution in [0, 0.1) is 22.0 Å². The van der Waals surface area contributed by atoms with Crippen molar-refractivity contribution < 1.29 is 4.92 Å². The molecule has 0 aliphatic carbocycles. The van der Waals surface area contributed by atoms with Gasteiger partial charge in [-0.15, -0.1) is 0 Å². The van der Waals surface area contributed by atoms with Gasteiger partial charge in [-0.2, -0.15) is 0 Å². The zero-order chi connectivity index (χ0) is 16.4. The van der Waals surface area contributed by atoms with Crippen LogP contribution in [0.2, 0.25) is 0 Å². The lowest BCUT2D eigenvalue weighted by molar-refractivity contribution is -0.383. The van der Waals surface area contributed by atoms with Gasteiger partial charge in [0.1, 0.15) is 6.33 Å². The van der Waals surface area contributed by atoms with Crippen molar-refractivity contribution in [3.63, 3.8) is 0 Å². The molecule has 3 heterocycles. The molecule has 7 nitrogen and oxygen atoms in total. The SMILES string of the molecule is CC1CCN(c2ncnc(N3CCC(C)CC3)c2[N+](=O)[O-])CC1. The molecule has 126 valence electrons. The largest absolute Gasteiger partial charge is 0.353 e. The molecule has 0 aromatic carbocycles. The summed E-state index contributed by atoms with van der Waals surface area (Å²) in [5.41, 5.74) is 0.0802. The van der Waals surface area contributed by atoms with Gasteiger partial charge < -0.3 is 9.80 Å². The van der Waals surface area contributed by atoms with Gasteiger partial charge in [0.15, 0.2) is 0 Å². The molecular formula is C16H25N5O2. The lowest BCUT2D eigenvalue weighted by Gasteiger charge is -2.33. The third kappa shape index (κ3) is 3.38. The Hall–Kier alpha value is -1.92. The zero-order valence-electron chi connectivity index (χ0n) is 13.9. The van der Waals surface area contributed by atoms with Crippen LogP contribution >= 0.6 is 0 Å². The first-order valence-corrected chi connectivity index (χ1v) is 8.55. The van der Waals surface area contributed by atoms with E-state index in [1.165, 1.54) is 6.33 Å². The molecule has 0 radical (unpaired) electrons. The van der Waals surface area contributed by atoms with Crippen molar-refractivity contribution in [2.45, 2.75) is 39.5 Å². The van der Waals surface area contributed by atoms with Gasteiger partial charge in [-0.05, 0) is 37.5 Å². The third-order valence-electron chi connectivity index (χ3n) is 5.13. The molecular weight excluding hydrogens is 294 g/mol. The highest BCUT2D eigenvalue weighted by Crippen LogP contribution is 2.37. The second kappa shape index (κ2) is 6.68. The molecule has 0 N–H and O–H groups in total. The predicted octanol–water partition coefficient (Wildman–Crippen LogP) is 2.86. The Balaban J connectivity index is 1.91.